The smallest absolute Gasteiger partial charge is 0.306 e. The van der Waals surface area contributed by atoms with Crippen LogP contribution in [-0.2, 0) is 4.79 Å². The normalized spacial score (nSPS) is 12.1. The number of pyridine rings is 1. The first-order chi connectivity index (χ1) is 6.68. The number of aliphatic hydroxyl groups excluding tert-OH is 1. The molecule has 76 valence electrons. The van der Waals surface area contributed by atoms with E-state index in [4.69, 9.17) is 5.11 Å². The topological polar surface area (TPSA) is 82.5 Å². The molecule has 1 heterocycles. The van der Waals surface area contributed by atoms with E-state index in [1.807, 2.05) is 0 Å². The third kappa shape index (κ3) is 3.86. The molecule has 1 atom stereocenters. The molecule has 0 spiro atoms. The van der Waals surface area contributed by atoms with E-state index >= 15 is 0 Å². The van der Waals surface area contributed by atoms with E-state index in [1.54, 1.807) is 24.5 Å². The molecule has 0 radical (unpaired) electrons. The van der Waals surface area contributed by atoms with E-state index < -0.39 is 12.1 Å². The number of hydrogen-bond acceptors (Lipinski definition) is 4. The van der Waals surface area contributed by atoms with Crippen LogP contribution in [0.3, 0.4) is 0 Å². The van der Waals surface area contributed by atoms with Crippen LogP contribution in [0.15, 0.2) is 24.5 Å². The number of carboxylic acids is 1. The monoisotopic (exact) mass is 196 g/mol. The Morgan fingerprint density at radius 3 is 3.00 bits per heavy atom. The Morgan fingerprint density at radius 2 is 2.43 bits per heavy atom. The van der Waals surface area contributed by atoms with Crippen LogP contribution in [0.2, 0.25) is 0 Å². The van der Waals surface area contributed by atoms with Crippen molar-refractivity contribution in [3.05, 3.63) is 24.5 Å². The number of nitrogens with zero attached hydrogens (tertiary/aromatic N) is 1. The van der Waals surface area contributed by atoms with Crippen molar-refractivity contribution in [1.82, 2.24) is 4.98 Å². The minimum atomic E-state index is -1.01. The number of carbonyl (C=O) groups is 1. The van der Waals surface area contributed by atoms with Crippen molar-refractivity contribution in [1.29, 1.82) is 0 Å². The van der Waals surface area contributed by atoms with Crippen LogP contribution in [0, 0.1) is 0 Å². The molecule has 5 nitrogen and oxygen atoms in total. The lowest BCUT2D eigenvalue weighted by molar-refractivity contribution is -0.138. The quantitative estimate of drug-likeness (QED) is 0.632. The van der Waals surface area contributed by atoms with Gasteiger partial charge in [0.05, 0.1) is 18.2 Å². The molecule has 0 aliphatic rings. The van der Waals surface area contributed by atoms with Gasteiger partial charge in [0, 0.05) is 18.9 Å². The fraction of sp³-hybridized carbons (Fsp3) is 0.333. The van der Waals surface area contributed by atoms with Crippen LogP contribution in [-0.4, -0.2) is 33.8 Å². The Labute approximate surface area is 81.4 Å². The van der Waals surface area contributed by atoms with Crippen LogP contribution in [0.25, 0.3) is 0 Å². The molecule has 0 bridgehead atoms. The summed E-state index contributed by atoms with van der Waals surface area (Å²) in [5.41, 5.74) is 0.761. The first-order valence-corrected chi connectivity index (χ1v) is 4.22. The summed E-state index contributed by atoms with van der Waals surface area (Å²) in [6.45, 7) is 0.206. The molecular weight excluding hydrogens is 184 g/mol. The predicted octanol–water partition coefficient (Wildman–Crippen LogP) is 0.329. The number of aliphatic carboxylic acids is 1. The molecule has 0 aromatic carbocycles. The number of aliphatic hydroxyl groups is 1. The maximum absolute atomic E-state index is 10.2. The number of rotatable bonds is 5. The third-order valence-corrected chi connectivity index (χ3v) is 1.61. The lowest BCUT2D eigenvalue weighted by Crippen LogP contribution is -2.22. The standard InChI is InChI=1S/C9H12N2O3/c12-8(4-9(13)14)6-11-7-2-1-3-10-5-7/h1-3,5,8,11-12H,4,6H2,(H,13,14). The fourth-order valence-corrected chi connectivity index (χ4v) is 0.977. The molecule has 1 aromatic heterocycles. The Kier molecular flexibility index (Phi) is 3.87. The van der Waals surface area contributed by atoms with Crippen molar-refractivity contribution >= 4 is 11.7 Å². The van der Waals surface area contributed by atoms with Crippen LogP contribution in [0.5, 0.6) is 0 Å². The Hall–Kier alpha value is -1.62. The third-order valence-electron chi connectivity index (χ3n) is 1.61. The van der Waals surface area contributed by atoms with Gasteiger partial charge < -0.3 is 15.5 Å². The SMILES string of the molecule is O=C(O)CC(O)CNc1cccnc1. The van der Waals surface area contributed by atoms with Gasteiger partial charge in [0.1, 0.15) is 0 Å². The van der Waals surface area contributed by atoms with Gasteiger partial charge in [-0.1, -0.05) is 0 Å². The lowest BCUT2D eigenvalue weighted by atomic mass is 10.2. The van der Waals surface area contributed by atoms with Gasteiger partial charge in [-0.25, -0.2) is 0 Å². The number of aromatic nitrogens is 1. The minimum Gasteiger partial charge on any atom is -0.481 e. The lowest BCUT2D eigenvalue weighted by Gasteiger charge is -2.09. The highest BCUT2D eigenvalue weighted by Gasteiger charge is 2.08. The van der Waals surface area contributed by atoms with Gasteiger partial charge in [-0.3, -0.25) is 9.78 Å². The molecule has 1 aromatic rings. The van der Waals surface area contributed by atoms with Gasteiger partial charge in [0.25, 0.3) is 0 Å². The molecule has 0 saturated heterocycles. The van der Waals surface area contributed by atoms with Gasteiger partial charge in [-0.2, -0.15) is 0 Å². The highest BCUT2D eigenvalue weighted by molar-refractivity contribution is 5.67. The molecule has 1 unspecified atom stereocenters. The van der Waals surface area contributed by atoms with E-state index in [9.17, 15) is 9.90 Å². The van der Waals surface area contributed by atoms with Crippen molar-refractivity contribution < 1.29 is 15.0 Å². The van der Waals surface area contributed by atoms with Crippen molar-refractivity contribution in [3.8, 4) is 0 Å². The number of hydrogen-bond donors (Lipinski definition) is 3. The molecule has 3 N–H and O–H groups in total. The van der Waals surface area contributed by atoms with E-state index in [0.29, 0.717) is 0 Å². The zero-order chi connectivity index (χ0) is 10.4. The van der Waals surface area contributed by atoms with Crippen LogP contribution >= 0.6 is 0 Å². The summed E-state index contributed by atoms with van der Waals surface area (Å²) in [7, 11) is 0. The molecule has 0 saturated carbocycles. The molecule has 0 amide bonds. The summed E-state index contributed by atoms with van der Waals surface area (Å²) in [5, 5.41) is 20.5. The number of nitrogens with one attached hydrogen (secondary N) is 1. The molecular formula is C9H12N2O3. The Bertz CT molecular complexity index is 289. The highest BCUT2D eigenvalue weighted by atomic mass is 16.4. The summed E-state index contributed by atoms with van der Waals surface area (Å²) in [6, 6.07) is 3.55. The van der Waals surface area contributed by atoms with Gasteiger partial charge in [-0.05, 0) is 12.1 Å². The second kappa shape index (κ2) is 5.18. The van der Waals surface area contributed by atoms with Crippen LogP contribution in [0.1, 0.15) is 6.42 Å². The van der Waals surface area contributed by atoms with Crippen molar-refractivity contribution in [2.45, 2.75) is 12.5 Å². The second-order valence-corrected chi connectivity index (χ2v) is 2.87. The largest absolute Gasteiger partial charge is 0.481 e. The van der Waals surface area contributed by atoms with Gasteiger partial charge in [0.2, 0.25) is 0 Å². The zero-order valence-corrected chi connectivity index (χ0v) is 7.55. The highest BCUT2D eigenvalue weighted by Crippen LogP contribution is 2.03. The maximum atomic E-state index is 10.2. The average Bonchev–Trinajstić information content (AvgIpc) is 2.15. The van der Waals surface area contributed by atoms with E-state index in [1.165, 1.54) is 0 Å². The molecule has 0 fully saturated rings. The van der Waals surface area contributed by atoms with Gasteiger partial charge in [-0.15, -0.1) is 0 Å². The van der Waals surface area contributed by atoms with Crippen LogP contribution in [0.4, 0.5) is 5.69 Å². The molecule has 0 aliphatic heterocycles. The summed E-state index contributed by atoms with van der Waals surface area (Å²) in [6.07, 6.45) is 2.10. The molecule has 5 heteroatoms. The predicted molar refractivity (Wildman–Crippen MR) is 51.0 cm³/mol. The van der Waals surface area contributed by atoms with Crippen molar-refractivity contribution in [2.75, 3.05) is 11.9 Å². The summed E-state index contributed by atoms with van der Waals surface area (Å²) in [5.74, 6) is -1.01. The van der Waals surface area contributed by atoms with Crippen LogP contribution < -0.4 is 5.32 Å². The first-order valence-electron chi connectivity index (χ1n) is 4.22. The summed E-state index contributed by atoms with van der Waals surface area (Å²) in [4.78, 5) is 14.1. The second-order valence-electron chi connectivity index (χ2n) is 2.87. The van der Waals surface area contributed by atoms with Crippen molar-refractivity contribution in [2.24, 2.45) is 0 Å². The number of anilines is 1. The van der Waals surface area contributed by atoms with E-state index in [0.717, 1.165) is 5.69 Å². The summed E-state index contributed by atoms with van der Waals surface area (Å²) >= 11 is 0. The summed E-state index contributed by atoms with van der Waals surface area (Å²) < 4.78 is 0. The Balaban J connectivity index is 2.30. The van der Waals surface area contributed by atoms with E-state index in [2.05, 4.69) is 10.3 Å². The Morgan fingerprint density at radius 1 is 1.64 bits per heavy atom. The van der Waals surface area contributed by atoms with Gasteiger partial charge in [0.15, 0.2) is 0 Å². The van der Waals surface area contributed by atoms with Gasteiger partial charge >= 0.3 is 5.97 Å². The first kappa shape index (κ1) is 10.5. The fourth-order valence-electron chi connectivity index (χ4n) is 0.977. The number of carboxylic acid groups (broad SMARTS) is 1. The minimum absolute atomic E-state index is 0.206. The molecule has 1 rings (SSSR count). The maximum Gasteiger partial charge on any atom is 0.306 e. The van der Waals surface area contributed by atoms with E-state index in [-0.39, 0.29) is 13.0 Å². The zero-order valence-electron chi connectivity index (χ0n) is 7.55. The molecule has 0 aliphatic carbocycles. The van der Waals surface area contributed by atoms with Crippen molar-refractivity contribution in [3.63, 3.8) is 0 Å². The average molecular weight is 196 g/mol. The molecule has 14 heavy (non-hydrogen) atoms.